The number of benzene rings is 1. The molecular formula is C17H20N2O. The molecule has 0 atom stereocenters. The Balaban J connectivity index is 1.78. The van der Waals surface area contributed by atoms with Crippen LogP contribution in [0, 0.1) is 12.8 Å². The van der Waals surface area contributed by atoms with Crippen molar-refractivity contribution in [3.05, 3.63) is 41.6 Å². The summed E-state index contributed by atoms with van der Waals surface area (Å²) < 4.78 is 0. The standard InChI is InChI=1S/C17H20N2O/c1-12-2-3-14-11-15(4-5-16(14)19-12)17(20)10-13-6-8-18-9-7-13/h2-5,11,13,18H,6-10H2,1H3. The number of Topliss-reactive ketones (excluding diaryl/α,β-unsaturated/α-hetero) is 1. The molecule has 1 fully saturated rings. The number of hydrogen-bond donors (Lipinski definition) is 1. The number of carbonyl (C=O) groups is 1. The molecule has 1 aromatic carbocycles. The second kappa shape index (κ2) is 5.71. The minimum Gasteiger partial charge on any atom is -0.317 e. The predicted molar refractivity (Wildman–Crippen MR) is 81.0 cm³/mol. The monoisotopic (exact) mass is 268 g/mol. The van der Waals surface area contributed by atoms with Gasteiger partial charge in [0.15, 0.2) is 5.78 Å². The molecule has 3 rings (SSSR count). The Bertz CT molecular complexity index is 630. The number of rotatable bonds is 3. The topological polar surface area (TPSA) is 42.0 Å². The van der Waals surface area contributed by atoms with Crippen LogP contribution < -0.4 is 5.32 Å². The second-order valence-corrected chi connectivity index (χ2v) is 5.68. The Labute approximate surface area is 119 Å². The molecule has 104 valence electrons. The van der Waals surface area contributed by atoms with Gasteiger partial charge in [-0.1, -0.05) is 6.07 Å². The summed E-state index contributed by atoms with van der Waals surface area (Å²) in [4.78, 5) is 16.9. The van der Waals surface area contributed by atoms with Crippen LogP contribution in [-0.2, 0) is 0 Å². The van der Waals surface area contributed by atoms with Crippen LogP contribution in [0.4, 0.5) is 0 Å². The van der Waals surface area contributed by atoms with Crippen molar-refractivity contribution in [3.63, 3.8) is 0 Å². The van der Waals surface area contributed by atoms with Crippen molar-refractivity contribution < 1.29 is 4.79 Å². The van der Waals surface area contributed by atoms with E-state index in [9.17, 15) is 4.79 Å². The first-order valence-corrected chi connectivity index (χ1v) is 7.34. The number of fused-ring (bicyclic) bond motifs is 1. The fourth-order valence-corrected chi connectivity index (χ4v) is 2.87. The average Bonchev–Trinajstić information content (AvgIpc) is 2.47. The first-order valence-electron chi connectivity index (χ1n) is 7.34. The number of nitrogens with one attached hydrogen (secondary N) is 1. The van der Waals surface area contributed by atoms with Gasteiger partial charge >= 0.3 is 0 Å². The highest BCUT2D eigenvalue weighted by atomic mass is 16.1. The molecule has 0 unspecified atom stereocenters. The lowest BCUT2D eigenvalue weighted by molar-refractivity contribution is 0.0952. The lowest BCUT2D eigenvalue weighted by Gasteiger charge is -2.21. The molecule has 2 aromatic rings. The van der Waals surface area contributed by atoms with Crippen molar-refractivity contribution in [3.8, 4) is 0 Å². The highest BCUT2D eigenvalue weighted by Crippen LogP contribution is 2.21. The van der Waals surface area contributed by atoms with Crippen LogP contribution in [0.15, 0.2) is 30.3 Å². The SMILES string of the molecule is Cc1ccc2cc(C(=O)CC3CCNCC3)ccc2n1. The van der Waals surface area contributed by atoms with Crippen LogP contribution in [0.2, 0.25) is 0 Å². The minimum atomic E-state index is 0.263. The van der Waals surface area contributed by atoms with E-state index in [2.05, 4.69) is 10.3 Å². The van der Waals surface area contributed by atoms with Crippen molar-refractivity contribution in [1.82, 2.24) is 10.3 Å². The molecule has 0 amide bonds. The number of aryl methyl sites for hydroxylation is 1. The summed E-state index contributed by atoms with van der Waals surface area (Å²) in [7, 11) is 0. The van der Waals surface area contributed by atoms with Gasteiger partial charge in [0.1, 0.15) is 0 Å². The summed E-state index contributed by atoms with van der Waals surface area (Å²) in [5.41, 5.74) is 2.79. The maximum absolute atomic E-state index is 12.4. The molecule has 3 nitrogen and oxygen atoms in total. The maximum atomic E-state index is 12.4. The van der Waals surface area contributed by atoms with Gasteiger partial charge in [-0.3, -0.25) is 9.78 Å². The number of aromatic nitrogens is 1. The summed E-state index contributed by atoms with van der Waals surface area (Å²) in [6, 6.07) is 9.88. The van der Waals surface area contributed by atoms with E-state index >= 15 is 0 Å². The molecule has 1 aliphatic rings. The molecule has 1 aromatic heterocycles. The predicted octanol–water partition coefficient (Wildman–Crippen LogP) is 3.12. The molecule has 0 spiro atoms. The van der Waals surface area contributed by atoms with Crippen molar-refractivity contribution in [1.29, 1.82) is 0 Å². The van der Waals surface area contributed by atoms with Gasteiger partial charge in [0.2, 0.25) is 0 Å². The average molecular weight is 268 g/mol. The zero-order valence-electron chi connectivity index (χ0n) is 11.9. The van der Waals surface area contributed by atoms with Gasteiger partial charge in [-0.05, 0) is 63.0 Å². The first kappa shape index (κ1) is 13.3. The highest BCUT2D eigenvalue weighted by molar-refractivity contribution is 5.99. The normalized spacial score (nSPS) is 16.4. The number of pyridine rings is 1. The van der Waals surface area contributed by atoms with E-state index < -0.39 is 0 Å². The van der Waals surface area contributed by atoms with Crippen LogP contribution >= 0.6 is 0 Å². The van der Waals surface area contributed by atoms with Crippen molar-refractivity contribution >= 4 is 16.7 Å². The number of piperidine rings is 1. The van der Waals surface area contributed by atoms with Crippen LogP contribution in [0.1, 0.15) is 35.3 Å². The molecule has 3 heteroatoms. The molecule has 2 heterocycles. The van der Waals surface area contributed by atoms with Crippen LogP contribution in [-0.4, -0.2) is 23.9 Å². The lowest BCUT2D eigenvalue weighted by atomic mass is 9.90. The summed E-state index contributed by atoms with van der Waals surface area (Å²) in [6.07, 6.45) is 2.90. The Morgan fingerprint density at radius 3 is 2.85 bits per heavy atom. The molecule has 20 heavy (non-hydrogen) atoms. The van der Waals surface area contributed by atoms with E-state index in [1.807, 2.05) is 37.3 Å². The zero-order valence-corrected chi connectivity index (χ0v) is 11.9. The van der Waals surface area contributed by atoms with Gasteiger partial charge in [0, 0.05) is 23.1 Å². The van der Waals surface area contributed by atoms with Crippen LogP contribution in [0.3, 0.4) is 0 Å². The van der Waals surface area contributed by atoms with Gasteiger partial charge in [0.05, 0.1) is 5.52 Å². The van der Waals surface area contributed by atoms with Gasteiger partial charge in [-0.2, -0.15) is 0 Å². The first-order chi connectivity index (χ1) is 9.72. The molecule has 1 aliphatic heterocycles. The third-order valence-electron chi connectivity index (χ3n) is 4.08. The lowest BCUT2D eigenvalue weighted by Crippen LogP contribution is -2.28. The van der Waals surface area contributed by atoms with E-state index in [4.69, 9.17) is 0 Å². The maximum Gasteiger partial charge on any atom is 0.163 e. The van der Waals surface area contributed by atoms with Gasteiger partial charge in [-0.15, -0.1) is 0 Å². The molecule has 0 bridgehead atoms. The summed E-state index contributed by atoms with van der Waals surface area (Å²) in [6.45, 7) is 4.06. The molecule has 0 saturated carbocycles. The molecular weight excluding hydrogens is 248 g/mol. The minimum absolute atomic E-state index is 0.263. The van der Waals surface area contributed by atoms with Crippen LogP contribution in [0.25, 0.3) is 10.9 Å². The number of carbonyl (C=O) groups excluding carboxylic acids is 1. The molecule has 1 saturated heterocycles. The van der Waals surface area contributed by atoms with E-state index in [-0.39, 0.29) is 5.78 Å². The third kappa shape index (κ3) is 2.88. The summed E-state index contributed by atoms with van der Waals surface area (Å²) in [5, 5.41) is 4.39. The Morgan fingerprint density at radius 2 is 2.05 bits per heavy atom. The Kier molecular flexibility index (Phi) is 3.79. The number of nitrogens with zero attached hydrogens (tertiary/aromatic N) is 1. The summed E-state index contributed by atoms with van der Waals surface area (Å²) in [5.74, 6) is 0.801. The van der Waals surface area contributed by atoms with Gasteiger partial charge < -0.3 is 5.32 Å². The highest BCUT2D eigenvalue weighted by Gasteiger charge is 2.17. The Hall–Kier alpha value is -1.74. The molecule has 1 N–H and O–H groups in total. The Morgan fingerprint density at radius 1 is 1.25 bits per heavy atom. The number of hydrogen-bond acceptors (Lipinski definition) is 3. The van der Waals surface area contributed by atoms with E-state index in [1.54, 1.807) is 0 Å². The van der Waals surface area contributed by atoms with E-state index in [0.717, 1.165) is 48.1 Å². The van der Waals surface area contributed by atoms with Crippen molar-refractivity contribution in [2.45, 2.75) is 26.2 Å². The fraction of sp³-hybridized carbons (Fsp3) is 0.412. The second-order valence-electron chi connectivity index (χ2n) is 5.68. The van der Waals surface area contributed by atoms with E-state index in [1.165, 1.54) is 0 Å². The molecule has 0 aliphatic carbocycles. The number of ketones is 1. The van der Waals surface area contributed by atoms with E-state index in [0.29, 0.717) is 12.3 Å². The molecule has 0 radical (unpaired) electrons. The smallest absolute Gasteiger partial charge is 0.163 e. The van der Waals surface area contributed by atoms with Crippen LogP contribution in [0.5, 0.6) is 0 Å². The fourth-order valence-electron chi connectivity index (χ4n) is 2.87. The van der Waals surface area contributed by atoms with Gasteiger partial charge in [0.25, 0.3) is 0 Å². The zero-order chi connectivity index (χ0) is 13.9. The largest absolute Gasteiger partial charge is 0.317 e. The quantitative estimate of drug-likeness (QED) is 0.870. The van der Waals surface area contributed by atoms with Gasteiger partial charge in [-0.25, -0.2) is 0 Å². The third-order valence-corrected chi connectivity index (χ3v) is 4.08. The van der Waals surface area contributed by atoms with Crippen molar-refractivity contribution in [2.24, 2.45) is 5.92 Å². The summed E-state index contributed by atoms with van der Waals surface area (Å²) >= 11 is 0. The van der Waals surface area contributed by atoms with Crippen molar-refractivity contribution in [2.75, 3.05) is 13.1 Å².